The van der Waals surface area contributed by atoms with Crippen molar-refractivity contribution in [2.24, 2.45) is 11.8 Å². The van der Waals surface area contributed by atoms with Gasteiger partial charge in [-0.05, 0) is 43.9 Å². The molecule has 4 rings (SSSR count). The smallest absolute Gasteiger partial charge is 0.126 e. The summed E-state index contributed by atoms with van der Waals surface area (Å²) in [6, 6.07) is 10.4. The molecule has 2 heterocycles. The van der Waals surface area contributed by atoms with Crippen LogP contribution in [0.25, 0.3) is 0 Å². The molecule has 1 saturated heterocycles. The molecule has 1 aliphatic carbocycles. The molecule has 2 aromatic rings. The first-order chi connectivity index (χ1) is 13.0. The van der Waals surface area contributed by atoms with Crippen LogP contribution >= 0.6 is 0 Å². The fourth-order valence-electron chi connectivity index (χ4n) is 5.17. The molecule has 0 radical (unpaired) electrons. The number of aryl methyl sites for hydroxylation is 2. The predicted octanol–water partition coefficient (Wildman–Crippen LogP) is 3.83. The van der Waals surface area contributed by atoms with Gasteiger partial charge in [0.15, 0.2) is 0 Å². The molecule has 4 nitrogen and oxygen atoms in total. The monoisotopic (exact) mass is 366 g/mol. The highest BCUT2D eigenvalue weighted by Gasteiger charge is 2.52. The molecule has 4 heteroatoms. The van der Waals surface area contributed by atoms with E-state index < -0.39 is 5.60 Å². The fraction of sp³-hybridized carbons (Fsp3) is 0.522. The number of aliphatic hydroxyl groups is 1. The molecule has 2 fully saturated rings. The van der Waals surface area contributed by atoms with Crippen LogP contribution in [0, 0.1) is 25.7 Å². The van der Waals surface area contributed by atoms with Gasteiger partial charge in [0.25, 0.3) is 0 Å². The van der Waals surface area contributed by atoms with Gasteiger partial charge >= 0.3 is 0 Å². The highest BCUT2D eigenvalue weighted by molar-refractivity contribution is 5.40. The molecular formula is C23H30N2O2. The zero-order valence-electron chi connectivity index (χ0n) is 16.6. The number of likely N-dealkylation sites (tertiary alicyclic amines) is 1. The van der Waals surface area contributed by atoms with Gasteiger partial charge in [-0.15, -0.1) is 0 Å². The topological polar surface area (TPSA) is 45.6 Å². The zero-order chi connectivity index (χ0) is 19.0. The van der Waals surface area contributed by atoms with Gasteiger partial charge in [0.1, 0.15) is 11.4 Å². The first kappa shape index (κ1) is 18.5. The average Bonchev–Trinajstić information content (AvgIpc) is 2.63. The number of hydrogen-bond acceptors (Lipinski definition) is 4. The number of hydrogen-bond donors (Lipinski definition) is 1. The third kappa shape index (κ3) is 3.26. The van der Waals surface area contributed by atoms with Crippen molar-refractivity contribution in [3.05, 3.63) is 58.9 Å². The molecule has 144 valence electrons. The Balaban J connectivity index is 1.58. The van der Waals surface area contributed by atoms with Crippen LogP contribution in [0.15, 0.2) is 36.5 Å². The molecule has 0 amide bonds. The van der Waals surface area contributed by atoms with Gasteiger partial charge in [-0.1, -0.05) is 30.7 Å². The number of piperidine rings is 1. The van der Waals surface area contributed by atoms with Gasteiger partial charge in [0.2, 0.25) is 0 Å². The summed E-state index contributed by atoms with van der Waals surface area (Å²) in [5, 5.41) is 11.7. The van der Waals surface area contributed by atoms with E-state index in [0.717, 1.165) is 49.5 Å². The van der Waals surface area contributed by atoms with E-state index in [1.54, 1.807) is 7.11 Å². The number of fused-ring (bicyclic) bond motifs is 2. The molecule has 0 spiro atoms. The Kier molecular flexibility index (Phi) is 4.95. The van der Waals surface area contributed by atoms with Gasteiger partial charge < -0.3 is 9.84 Å². The molecule has 2 aliphatic rings. The predicted molar refractivity (Wildman–Crippen MR) is 107 cm³/mol. The third-order valence-electron chi connectivity index (χ3n) is 6.52. The van der Waals surface area contributed by atoms with E-state index in [2.05, 4.69) is 41.1 Å². The summed E-state index contributed by atoms with van der Waals surface area (Å²) >= 11 is 0. The number of para-hydroxylation sites is 1. The van der Waals surface area contributed by atoms with Gasteiger partial charge in [-0.3, -0.25) is 9.88 Å². The van der Waals surface area contributed by atoms with Crippen molar-refractivity contribution in [2.45, 2.75) is 45.3 Å². The average molecular weight is 367 g/mol. The van der Waals surface area contributed by atoms with Crippen LogP contribution in [0.1, 0.15) is 41.6 Å². The van der Waals surface area contributed by atoms with E-state index in [1.807, 2.05) is 19.2 Å². The second kappa shape index (κ2) is 7.25. The fourth-order valence-corrected chi connectivity index (χ4v) is 5.17. The molecule has 1 N–H and O–H groups in total. The number of ether oxygens (including phenoxy) is 1. The summed E-state index contributed by atoms with van der Waals surface area (Å²) < 4.78 is 5.65. The summed E-state index contributed by atoms with van der Waals surface area (Å²) in [4.78, 5) is 7.11. The molecular weight excluding hydrogens is 336 g/mol. The normalized spacial score (nSPS) is 28.1. The molecule has 27 heavy (non-hydrogen) atoms. The maximum absolute atomic E-state index is 11.7. The van der Waals surface area contributed by atoms with Gasteiger partial charge in [-0.25, -0.2) is 0 Å². The zero-order valence-corrected chi connectivity index (χ0v) is 16.6. The van der Waals surface area contributed by atoms with Crippen molar-refractivity contribution in [2.75, 3.05) is 20.2 Å². The van der Waals surface area contributed by atoms with Gasteiger partial charge in [-0.2, -0.15) is 0 Å². The third-order valence-corrected chi connectivity index (χ3v) is 6.52. The van der Waals surface area contributed by atoms with Crippen LogP contribution in [0.3, 0.4) is 0 Å². The van der Waals surface area contributed by atoms with Gasteiger partial charge in [0.05, 0.1) is 12.8 Å². The molecule has 1 aliphatic heterocycles. The Hall–Kier alpha value is -1.91. The second-order valence-electron chi connectivity index (χ2n) is 8.33. The summed E-state index contributed by atoms with van der Waals surface area (Å²) in [5.74, 6) is 1.45. The Labute approximate surface area is 162 Å². The van der Waals surface area contributed by atoms with Crippen molar-refractivity contribution < 1.29 is 9.84 Å². The Morgan fingerprint density at radius 2 is 1.89 bits per heavy atom. The highest BCUT2D eigenvalue weighted by Crippen LogP contribution is 2.49. The molecule has 1 aromatic heterocycles. The van der Waals surface area contributed by atoms with E-state index in [0.29, 0.717) is 0 Å². The van der Waals surface area contributed by atoms with Crippen LogP contribution in [-0.2, 0) is 12.1 Å². The van der Waals surface area contributed by atoms with E-state index in [1.165, 1.54) is 17.5 Å². The lowest BCUT2D eigenvalue weighted by molar-refractivity contribution is -0.151. The van der Waals surface area contributed by atoms with Crippen LogP contribution in [0.2, 0.25) is 0 Å². The lowest BCUT2D eigenvalue weighted by Crippen LogP contribution is -2.58. The number of benzene rings is 1. The Morgan fingerprint density at radius 3 is 2.52 bits per heavy atom. The summed E-state index contributed by atoms with van der Waals surface area (Å²) in [7, 11) is 1.75. The lowest BCUT2D eigenvalue weighted by Gasteiger charge is -2.52. The summed E-state index contributed by atoms with van der Waals surface area (Å²) in [6.07, 6.45) is 5.20. The van der Waals surface area contributed by atoms with Crippen LogP contribution < -0.4 is 4.74 Å². The Bertz CT molecular complexity index is 789. The largest absolute Gasteiger partial charge is 0.496 e. The molecule has 2 bridgehead atoms. The first-order valence-corrected chi connectivity index (χ1v) is 10.0. The second-order valence-corrected chi connectivity index (χ2v) is 8.33. The van der Waals surface area contributed by atoms with Crippen molar-refractivity contribution in [3.63, 3.8) is 0 Å². The molecule has 2 atom stereocenters. The lowest BCUT2D eigenvalue weighted by atomic mass is 9.64. The number of aromatic nitrogens is 1. The van der Waals surface area contributed by atoms with Crippen molar-refractivity contribution in [3.8, 4) is 5.75 Å². The van der Waals surface area contributed by atoms with E-state index >= 15 is 0 Å². The van der Waals surface area contributed by atoms with E-state index in [-0.39, 0.29) is 11.8 Å². The minimum absolute atomic E-state index is 0.232. The minimum Gasteiger partial charge on any atom is -0.496 e. The number of pyridine rings is 1. The number of rotatable bonds is 4. The number of nitrogens with zero attached hydrogens (tertiary/aromatic N) is 2. The summed E-state index contributed by atoms with van der Waals surface area (Å²) in [6.45, 7) is 6.81. The maximum atomic E-state index is 11.7. The number of methoxy groups -OCH3 is 1. The van der Waals surface area contributed by atoms with E-state index in [4.69, 9.17) is 4.74 Å². The summed E-state index contributed by atoms with van der Waals surface area (Å²) in [5.41, 5.74) is 3.60. The van der Waals surface area contributed by atoms with Crippen molar-refractivity contribution >= 4 is 0 Å². The molecule has 1 saturated carbocycles. The standard InChI is InChI=1S/C23H30N2O2/c1-16-10-11-21(24-12-16)23(26)19-8-5-9-20(23)15-25(14-19)13-18-7-4-6-17(2)22(18)27-3/h4,6-7,10-12,19-20,26H,5,8-9,13-15H2,1-3H3/t19-,20-/m0/s1. The maximum Gasteiger partial charge on any atom is 0.126 e. The Morgan fingerprint density at radius 1 is 1.15 bits per heavy atom. The quantitative estimate of drug-likeness (QED) is 0.893. The SMILES string of the molecule is COc1c(C)cccc1CN1C[C@@H]2CCC[C@@H](C1)C2(O)c1ccc(C)cn1. The molecule has 1 aromatic carbocycles. The molecule has 0 unspecified atom stereocenters. The minimum atomic E-state index is -0.793. The van der Waals surface area contributed by atoms with Crippen LogP contribution in [0.5, 0.6) is 5.75 Å². The van der Waals surface area contributed by atoms with Crippen LogP contribution in [0.4, 0.5) is 0 Å². The first-order valence-electron chi connectivity index (χ1n) is 10.0. The van der Waals surface area contributed by atoms with E-state index in [9.17, 15) is 5.11 Å². The van der Waals surface area contributed by atoms with Crippen molar-refractivity contribution in [1.82, 2.24) is 9.88 Å². The van der Waals surface area contributed by atoms with Crippen LogP contribution in [-0.4, -0.2) is 35.2 Å². The highest BCUT2D eigenvalue weighted by atomic mass is 16.5. The van der Waals surface area contributed by atoms with Crippen molar-refractivity contribution in [1.29, 1.82) is 0 Å². The van der Waals surface area contributed by atoms with Gasteiger partial charge in [0, 0.05) is 43.2 Å².